The Kier molecular flexibility index (Phi) is 36.1. The average molecular weight is 785 g/mol. The predicted molar refractivity (Wildman–Crippen MR) is 225 cm³/mol. The van der Waals surface area contributed by atoms with Crippen LogP contribution in [-0.2, 0) is 32.9 Å². The Morgan fingerprint density at radius 2 is 1.02 bits per heavy atom. The number of phosphoric acid groups is 1. The molecule has 0 heterocycles. The molecule has 0 aromatic rings. The fourth-order valence-corrected chi connectivity index (χ4v) is 5.07. The molecule has 0 unspecified atom stereocenters. The molecule has 0 aliphatic heterocycles. The monoisotopic (exact) mass is 784 g/mol. The molecule has 1 atom stereocenters. The van der Waals surface area contributed by atoms with Crippen molar-refractivity contribution in [2.24, 2.45) is 0 Å². The maximum absolute atomic E-state index is 12.4. The van der Waals surface area contributed by atoms with E-state index in [2.05, 4.69) is 67.0 Å². The second-order valence-corrected chi connectivity index (χ2v) is 14.2. The highest BCUT2D eigenvalue weighted by Gasteiger charge is 2.22. The van der Waals surface area contributed by atoms with Crippen LogP contribution in [0.3, 0.4) is 0 Å². The lowest BCUT2D eigenvalue weighted by Gasteiger charge is -2.18. The van der Waals surface area contributed by atoms with Gasteiger partial charge in [-0.05, 0) is 83.1 Å². The lowest BCUT2D eigenvalue weighted by atomic mass is 10.1. The number of unbranched alkanes of at least 4 members (excludes halogenated alkanes) is 6. The third-order valence-corrected chi connectivity index (χ3v) is 8.24. The normalized spacial score (nSPS) is 13.5. The van der Waals surface area contributed by atoms with Crippen LogP contribution in [0.15, 0.2) is 109 Å². The number of carbonyl (C=O) groups excluding carboxylic acids is 3. The van der Waals surface area contributed by atoms with Crippen LogP contribution in [0.25, 0.3) is 0 Å². The van der Waals surface area contributed by atoms with Crippen LogP contribution in [0.4, 0.5) is 0 Å². The van der Waals surface area contributed by atoms with E-state index >= 15 is 0 Å². The minimum atomic E-state index is -4.81. The first-order valence-corrected chi connectivity index (χ1v) is 21.7. The zero-order valence-electron chi connectivity index (χ0n) is 33.5. The highest BCUT2D eigenvalue weighted by Crippen LogP contribution is 2.35. The van der Waals surface area contributed by atoms with Crippen LogP contribution in [0.1, 0.15) is 136 Å². The fourth-order valence-electron chi connectivity index (χ4n) is 4.71. The molecule has 0 radical (unpaired) electrons. The highest BCUT2D eigenvalue weighted by atomic mass is 31.2. The van der Waals surface area contributed by atoms with Crippen molar-refractivity contribution in [2.45, 2.75) is 142 Å². The summed E-state index contributed by atoms with van der Waals surface area (Å²) in [7, 11) is -4.81. The van der Waals surface area contributed by atoms with Crippen molar-refractivity contribution >= 4 is 25.5 Å². The molecule has 10 heteroatoms. The maximum atomic E-state index is 12.4. The van der Waals surface area contributed by atoms with Gasteiger partial charge in [0.1, 0.15) is 6.61 Å². The Labute approximate surface area is 332 Å². The van der Waals surface area contributed by atoms with Crippen molar-refractivity contribution in [3.63, 3.8) is 0 Å². The molecular weight excluding hydrogens is 715 g/mol. The molecule has 0 spiro atoms. The summed E-state index contributed by atoms with van der Waals surface area (Å²) in [6.07, 6.45) is 50.9. The van der Waals surface area contributed by atoms with E-state index in [1.807, 2.05) is 48.6 Å². The van der Waals surface area contributed by atoms with Crippen molar-refractivity contribution < 1.29 is 42.7 Å². The average Bonchev–Trinajstić information content (AvgIpc) is 3.15. The van der Waals surface area contributed by atoms with Gasteiger partial charge in [-0.15, -0.1) is 0 Å². The fraction of sp³-hybridized carbons (Fsp3) is 0.533. The van der Waals surface area contributed by atoms with Gasteiger partial charge in [0.05, 0.1) is 6.61 Å². The van der Waals surface area contributed by atoms with E-state index in [0.29, 0.717) is 25.7 Å². The van der Waals surface area contributed by atoms with Gasteiger partial charge in [0.25, 0.3) is 0 Å². The summed E-state index contributed by atoms with van der Waals surface area (Å²) in [4.78, 5) is 54.4. The zero-order valence-corrected chi connectivity index (χ0v) is 34.4. The number of carbonyl (C=O) groups is 3. The van der Waals surface area contributed by atoms with Gasteiger partial charge < -0.3 is 19.3 Å². The van der Waals surface area contributed by atoms with Gasteiger partial charge in [0.2, 0.25) is 0 Å². The molecular formula is C45H69O9P. The zero-order chi connectivity index (χ0) is 40.5. The summed E-state index contributed by atoms with van der Waals surface area (Å²) < 4.78 is 26.2. The number of esters is 2. The van der Waals surface area contributed by atoms with Crippen LogP contribution in [0.2, 0.25) is 0 Å². The molecule has 55 heavy (non-hydrogen) atoms. The van der Waals surface area contributed by atoms with E-state index in [-0.39, 0.29) is 25.2 Å². The van der Waals surface area contributed by atoms with Crippen LogP contribution in [-0.4, -0.2) is 46.8 Å². The van der Waals surface area contributed by atoms with Gasteiger partial charge in [-0.25, -0.2) is 4.57 Å². The first kappa shape index (κ1) is 51.4. The Morgan fingerprint density at radius 1 is 0.527 bits per heavy atom. The molecule has 0 saturated carbocycles. The number of phosphoric ester groups is 1. The predicted octanol–water partition coefficient (Wildman–Crippen LogP) is 11.6. The summed E-state index contributed by atoms with van der Waals surface area (Å²) in [5.41, 5.74) is 0. The van der Waals surface area contributed by atoms with Crippen molar-refractivity contribution in [3.8, 4) is 0 Å². The number of rotatable bonds is 35. The van der Waals surface area contributed by atoms with Gasteiger partial charge in [-0.3, -0.25) is 18.9 Å². The number of hydrogen-bond acceptors (Lipinski definition) is 7. The minimum Gasteiger partial charge on any atom is -0.462 e. The molecule has 9 nitrogen and oxygen atoms in total. The summed E-state index contributed by atoms with van der Waals surface area (Å²) in [6, 6.07) is 0. The Balaban J connectivity index is 4.24. The lowest BCUT2D eigenvalue weighted by molar-refractivity contribution is -0.161. The van der Waals surface area contributed by atoms with Crippen LogP contribution in [0.5, 0.6) is 0 Å². The quantitative estimate of drug-likeness (QED) is 0.0161. The van der Waals surface area contributed by atoms with E-state index < -0.39 is 32.5 Å². The van der Waals surface area contributed by atoms with Gasteiger partial charge in [-0.2, -0.15) is 0 Å². The second-order valence-electron chi connectivity index (χ2n) is 12.9. The first-order chi connectivity index (χ1) is 26.7. The van der Waals surface area contributed by atoms with Gasteiger partial charge in [0.15, 0.2) is 11.9 Å². The molecule has 0 saturated heterocycles. The Bertz CT molecular complexity index is 1310. The minimum absolute atomic E-state index is 0.0580. The standard InChI is InChI=1S/C45H69O9P/c1-3-5-7-8-9-10-11-12-13-14-15-16-17-18-21-25-28-31-35-39-45(48)54-43(41-53-55(49,50)51)40-52-44(47)38-34-30-27-24-22-19-20-23-26-29-33-37-42(46)36-32-6-4-2/h9-10,12-13,15-16,18-21,24,26-29,31,33,37,43H,3-8,11,14,17,22-23,25,30,32,34-36,38-41H2,1-2H3,(H2,49,50,51)/b10-9-,13-12-,16-15-,20-19-,21-18-,27-24-,29-26-,31-28-,37-33+/t43-/m1/s1. The van der Waals surface area contributed by atoms with Crippen molar-refractivity contribution in [1.29, 1.82) is 0 Å². The number of ketones is 1. The Morgan fingerprint density at radius 3 is 1.56 bits per heavy atom. The molecule has 0 rings (SSSR count). The highest BCUT2D eigenvalue weighted by molar-refractivity contribution is 7.46. The van der Waals surface area contributed by atoms with E-state index in [0.717, 1.165) is 57.8 Å². The summed E-state index contributed by atoms with van der Waals surface area (Å²) in [5, 5.41) is 0. The van der Waals surface area contributed by atoms with Gasteiger partial charge >= 0.3 is 19.8 Å². The van der Waals surface area contributed by atoms with Crippen LogP contribution >= 0.6 is 7.82 Å². The SMILES string of the molecule is CCCCC/C=C\C/C=C\C/C=C\C/C=C\C/C=C\CCC(=O)O[C@H](COC(=O)CCC/C=C\C/C=C\C/C=C\C=C\C(=O)CCCCC)COP(=O)(O)O. The largest absolute Gasteiger partial charge is 0.469 e. The molecule has 0 aliphatic carbocycles. The number of hydrogen-bond donors (Lipinski definition) is 2. The Hall–Kier alpha value is -3.62. The van der Waals surface area contributed by atoms with Crippen molar-refractivity contribution in [3.05, 3.63) is 109 Å². The van der Waals surface area contributed by atoms with E-state index in [1.54, 1.807) is 12.2 Å². The summed E-state index contributed by atoms with van der Waals surface area (Å²) >= 11 is 0. The first-order valence-electron chi connectivity index (χ1n) is 20.1. The molecule has 308 valence electrons. The molecule has 0 amide bonds. The third-order valence-electron chi connectivity index (χ3n) is 7.75. The van der Waals surface area contributed by atoms with E-state index in [1.165, 1.54) is 25.7 Å². The molecule has 0 aromatic carbocycles. The van der Waals surface area contributed by atoms with E-state index in [9.17, 15) is 18.9 Å². The third kappa shape index (κ3) is 41.4. The number of allylic oxidation sites excluding steroid dienone is 18. The second kappa shape index (κ2) is 38.6. The summed E-state index contributed by atoms with van der Waals surface area (Å²) in [5.74, 6) is -0.933. The molecule has 0 aromatic heterocycles. The van der Waals surface area contributed by atoms with E-state index in [4.69, 9.17) is 19.3 Å². The van der Waals surface area contributed by atoms with Crippen LogP contribution in [0, 0.1) is 0 Å². The van der Waals surface area contributed by atoms with Gasteiger partial charge in [-0.1, -0.05) is 143 Å². The maximum Gasteiger partial charge on any atom is 0.469 e. The lowest BCUT2D eigenvalue weighted by Crippen LogP contribution is -2.29. The van der Waals surface area contributed by atoms with Crippen molar-refractivity contribution in [2.75, 3.05) is 13.2 Å². The summed E-state index contributed by atoms with van der Waals surface area (Å²) in [6.45, 7) is 3.36. The molecule has 0 aliphatic rings. The molecule has 0 fully saturated rings. The number of ether oxygens (including phenoxy) is 2. The molecule has 2 N–H and O–H groups in total. The smallest absolute Gasteiger partial charge is 0.462 e. The topological polar surface area (TPSA) is 136 Å². The molecule has 0 bridgehead atoms. The van der Waals surface area contributed by atoms with Gasteiger partial charge in [0, 0.05) is 19.3 Å². The van der Waals surface area contributed by atoms with Crippen molar-refractivity contribution in [1.82, 2.24) is 0 Å². The van der Waals surface area contributed by atoms with Crippen LogP contribution < -0.4 is 0 Å².